The SMILES string of the molecule is C[C@@H]1CNC[C@H]1C(=O)Nc1ccccc1-c1ccccc1. The third-order valence-corrected chi connectivity index (χ3v) is 4.12. The second kappa shape index (κ2) is 6.10. The van der Waals surface area contributed by atoms with E-state index < -0.39 is 0 Å². The first-order valence-electron chi connectivity index (χ1n) is 7.42. The van der Waals surface area contributed by atoms with Crippen LogP contribution < -0.4 is 10.6 Å². The van der Waals surface area contributed by atoms with Gasteiger partial charge in [0.15, 0.2) is 0 Å². The highest BCUT2D eigenvalue weighted by atomic mass is 16.1. The largest absolute Gasteiger partial charge is 0.325 e. The lowest BCUT2D eigenvalue weighted by molar-refractivity contribution is -0.120. The molecule has 3 heteroatoms. The zero-order valence-corrected chi connectivity index (χ0v) is 12.2. The molecule has 2 aromatic rings. The van der Waals surface area contributed by atoms with Gasteiger partial charge in [-0.05, 0) is 24.1 Å². The average molecular weight is 280 g/mol. The van der Waals surface area contributed by atoms with Crippen LogP contribution in [0.2, 0.25) is 0 Å². The summed E-state index contributed by atoms with van der Waals surface area (Å²) in [5, 5.41) is 6.38. The minimum absolute atomic E-state index is 0.0498. The van der Waals surface area contributed by atoms with Crippen molar-refractivity contribution in [2.75, 3.05) is 18.4 Å². The van der Waals surface area contributed by atoms with E-state index in [0.717, 1.165) is 29.9 Å². The van der Waals surface area contributed by atoms with Crippen molar-refractivity contribution in [3.8, 4) is 11.1 Å². The van der Waals surface area contributed by atoms with Gasteiger partial charge >= 0.3 is 0 Å². The predicted octanol–water partition coefficient (Wildman–Crippen LogP) is 3.15. The van der Waals surface area contributed by atoms with Gasteiger partial charge in [0.1, 0.15) is 0 Å². The van der Waals surface area contributed by atoms with Crippen molar-refractivity contribution in [2.24, 2.45) is 11.8 Å². The van der Waals surface area contributed by atoms with Crippen LogP contribution in [-0.4, -0.2) is 19.0 Å². The summed E-state index contributed by atoms with van der Waals surface area (Å²) in [4.78, 5) is 12.5. The lowest BCUT2D eigenvalue weighted by Gasteiger charge is -2.16. The van der Waals surface area contributed by atoms with E-state index in [2.05, 4.69) is 29.7 Å². The molecule has 1 saturated heterocycles. The maximum Gasteiger partial charge on any atom is 0.229 e. The van der Waals surface area contributed by atoms with Crippen LogP contribution in [0.25, 0.3) is 11.1 Å². The van der Waals surface area contributed by atoms with Gasteiger partial charge in [-0.3, -0.25) is 4.79 Å². The molecule has 1 amide bonds. The molecular weight excluding hydrogens is 260 g/mol. The Labute approximate surface area is 125 Å². The fraction of sp³-hybridized carbons (Fsp3) is 0.278. The number of nitrogens with one attached hydrogen (secondary N) is 2. The Kier molecular flexibility index (Phi) is 4.02. The highest BCUT2D eigenvalue weighted by Crippen LogP contribution is 2.28. The van der Waals surface area contributed by atoms with E-state index in [9.17, 15) is 4.79 Å². The van der Waals surface area contributed by atoms with Crippen LogP contribution in [0.4, 0.5) is 5.69 Å². The van der Waals surface area contributed by atoms with Crippen molar-refractivity contribution in [1.82, 2.24) is 5.32 Å². The predicted molar refractivity (Wildman–Crippen MR) is 86.0 cm³/mol. The number of benzene rings is 2. The van der Waals surface area contributed by atoms with Crippen molar-refractivity contribution in [3.63, 3.8) is 0 Å². The quantitative estimate of drug-likeness (QED) is 0.907. The number of hydrogen-bond donors (Lipinski definition) is 2. The molecule has 0 saturated carbocycles. The molecule has 0 spiro atoms. The van der Waals surface area contributed by atoms with Gasteiger partial charge in [0.25, 0.3) is 0 Å². The summed E-state index contributed by atoms with van der Waals surface area (Å²) >= 11 is 0. The maximum absolute atomic E-state index is 12.5. The van der Waals surface area contributed by atoms with Gasteiger partial charge in [-0.2, -0.15) is 0 Å². The Morgan fingerprint density at radius 1 is 1.05 bits per heavy atom. The average Bonchev–Trinajstić information content (AvgIpc) is 2.95. The van der Waals surface area contributed by atoms with Crippen LogP contribution in [0.1, 0.15) is 6.92 Å². The molecule has 1 aliphatic rings. The van der Waals surface area contributed by atoms with E-state index >= 15 is 0 Å². The summed E-state index contributed by atoms with van der Waals surface area (Å²) in [6.07, 6.45) is 0. The molecule has 3 rings (SSSR count). The van der Waals surface area contributed by atoms with E-state index in [0.29, 0.717) is 5.92 Å². The van der Waals surface area contributed by atoms with Crippen molar-refractivity contribution in [3.05, 3.63) is 54.6 Å². The van der Waals surface area contributed by atoms with Crippen molar-refractivity contribution >= 4 is 11.6 Å². The minimum atomic E-state index is 0.0498. The fourth-order valence-electron chi connectivity index (χ4n) is 2.85. The number of hydrogen-bond acceptors (Lipinski definition) is 2. The smallest absolute Gasteiger partial charge is 0.229 e. The van der Waals surface area contributed by atoms with Crippen LogP contribution in [-0.2, 0) is 4.79 Å². The van der Waals surface area contributed by atoms with E-state index in [1.807, 2.05) is 42.5 Å². The van der Waals surface area contributed by atoms with Gasteiger partial charge < -0.3 is 10.6 Å². The molecule has 21 heavy (non-hydrogen) atoms. The summed E-state index contributed by atoms with van der Waals surface area (Å²) in [6.45, 7) is 3.80. The zero-order valence-electron chi connectivity index (χ0n) is 12.2. The van der Waals surface area contributed by atoms with Crippen molar-refractivity contribution < 1.29 is 4.79 Å². The van der Waals surface area contributed by atoms with Gasteiger partial charge in [-0.1, -0.05) is 55.5 Å². The second-order valence-electron chi connectivity index (χ2n) is 5.64. The Morgan fingerprint density at radius 3 is 2.48 bits per heavy atom. The number of carbonyl (C=O) groups excluding carboxylic acids is 1. The maximum atomic E-state index is 12.5. The van der Waals surface area contributed by atoms with Crippen molar-refractivity contribution in [1.29, 1.82) is 0 Å². The Balaban J connectivity index is 1.85. The first-order chi connectivity index (χ1) is 10.3. The van der Waals surface area contributed by atoms with Crippen LogP contribution >= 0.6 is 0 Å². The van der Waals surface area contributed by atoms with E-state index in [4.69, 9.17) is 0 Å². The summed E-state index contributed by atoms with van der Waals surface area (Å²) in [5.41, 5.74) is 3.06. The lowest BCUT2D eigenvalue weighted by atomic mass is 9.96. The Hall–Kier alpha value is -2.13. The molecule has 2 aromatic carbocycles. The molecule has 0 aromatic heterocycles. The zero-order chi connectivity index (χ0) is 14.7. The number of para-hydroxylation sites is 1. The molecule has 0 aliphatic carbocycles. The van der Waals surface area contributed by atoms with Gasteiger partial charge in [0.05, 0.1) is 5.92 Å². The first kappa shape index (κ1) is 13.8. The summed E-state index contributed by atoms with van der Waals surface area (Å²) in [6, 6.07) is 18.1. The highest BCUT2D eigenvalue weighted by Gasteiger charge is 2.29. The molecule has 3 nitrogen and oxygen atoms in total. The second-order valence-corrected chi connectivity index (χ2v) is 5.64. The molecular formula is C18H20N2O. The summed E-state index contributed by atoms with van der Waals surface area (Å²) in [7, 11) is 0. The fourth-order valence-corrected chi connectivity index (χ4v) is 2.85. The minimum Gasteiger partial charge on any atom is -0.325 e. The summed E-state index contributed by atoms with van der Waals surface area (Å²) < 4.78 is 0. The van der Waals surface area contributed by atoms with E-state index in [1.54, 1.807) is 0 Å². The highest BCUT2D eigenvalue weighted by molar-refractivity contribution is 5.97. The van der Waals surface area contributed by atoms with Gasteiger partial charge in [0.2, 0.25) is 5.91 Å². The topological polar surface area (TPSA) is 41.1 Å². The Morgan fingerprint density at radius 2 is 1.76 bits per heavy atom. The van der Waals surface area contributed by atoms with E-state index in [-0.39, 0.29) is 11.8 Å². The molecule has 1 heterocycles. The van der Waals surface area contributed by atoms with Crippen molar-refractivity contribution in [2.45, 2.75) is 6.92 Å². The number of anilines is 1. The number of amides is 1. The third kappa shape index (κ3) is 2.98. The molecule has 0 bridgehead atoms. The molecule has 1 aliphatic heterocycles. The van der Waals surface area contributed by atoms with E-state index in [1.165, 1.54) is 0 Å². The molecule has 0 unspecified atom stereocenters. The molecule has 0 radical (unpaired) electrons. The number of rotatable bonds is 3. The normalized spacial score (nSPS) is 21.2. The van der Waals surface area contributed by atoms with Crippen LogP contribution in [0, 0.1) is 11.8 Å². The third-order valence-electron chi connectivity index (χ3n) is 4.12. The lowest BCUT2D eigenvalue weighted by Crippen LogP contribution is -2.28. The van der Waals surface area contributed by atoms with Crippen LogP contribution in [0.3, 0.4) is 0 Å². The first-order valence-corrected chi connectivity index (χ1v) is 7.42. The van der Waals surface area contributed by atoms with Crippen LogP contribution in [0.15, 0.2) is 54.6 Å². The van der Waals surface area contributed by atoms with Gasteiger partial charge in [0, 0.05) is 17.8 Å². The molecule has 1 fully saturated rings. The van der Waals surface area contributed by atoms with Gasteiger partial charge in [-0.15, -0.1) is 0 Å². The molecule has 2 N–H and O–H groups in total. The van der Waals surface area contributed by atoms with Crippen LogP contribution in [0.5, 0.6) is 0 Å². The summed E-state index contributed by atoms with van der Waals surface area (Å²) in [5.74, 6) is 0.540. The monoisotopic (exact) mass is 280 g/mol. The Bertz CT molecular complexity index is 624. The standard InChI is InChI=1S/C18H20N2O/c1-13-11-19-12-16(13)18(21)20-17-10-6-5-9-15(17)14-7-3-2-4-8-14/h2-10,13,16,19H,11-12H2,1H3,(H,20,21)/t13-,16-/m1/s1. The van der Waals surface area contributed by atoms with Gasteiger partial charge in [-0.25, -0.2) is 0 Å². The molecule has 2 atom stereocenters. The molecule has 108 valence electrons. The number of carbonyl (C=O) groups is 1.